The molecule has 0 aromatic heterocycles. The Morgan fingerprint density at radius 3 is 2.79 bits per heavy atom. The van der Waals surface area contributed by atoms with Gasteiger partial charge in [-0.25, -0.2) is 4.79 Å². The van der Waals surface area contributed by atoms with E-state index in [9.17, 15) is 4.79 Å². The molecule has 0 unspecified atom stereocenters. The quantitative estimate of drug-likeness (QED) is 0.497. The minimum atomic E-state index is -0.462. The first-order chi connectivity index (χ1) is 13.7. The third-order valence-electron chi connectivity index (χ3n) is 4.65. The van der Waals surface area contributed by atoms with Gasteiger partial charge in [0.25, 0.3) is 0 Å². The summed E-state index contributed by atoms with van der Waals surface area (Å²) in [6.45, 7) is 8.21. The number of fused-ring (bicyclic) bond motifs is 1. The Labute approximate surface area is 181 Å². The second kappa shape index (κ2) is 8.59. The maximum Gasteiger partial charge on any atom is 0.339 e. The molecule has 1 aliphatic rings. The van der Waals surface area contributed by atoms with E-state index in [4.69, 9.17) is 33.3 Å². The van der Waals surface area contributed by atoms with Gasteiger partial charge in [-0.05, 0) is 64.2 Å². The van der Waals surface area contributed by atoms with Gasteiger partial charge >= 0.3 is 5.97 Å². The first-order valence-electron chi connectivity index (χ1n) is 9.52. The van der Waals surface area contributed by atoms with Crippen molar-refractivity contribution in [2.45, 2.75) is 45.8 Å². The van der Waals surface area contributed by atoms with E-state index in [1.807, 2.05) is 12.1 Å². The number of anilines is 1. The molecule has 29 heavy (non-hydrogen) atoms. The average Bonchev–Trinajstić information content (AvgIpc) is 2.63. The fourth-order valence-corrected chi connectivity index (χ4v) is 3.85. The molecule has 0 bridgehead atoms. The molecular weight excluding hydrogens is 408 g/mol. The summed E-state index contributed by atoms with van der Waals surface area (Å²) >= 11 is 11.7. The van der Waals surface area contributed by atoms with Gasteiger partial charge in [-0.1, -0.05) is 29.3 Å². The second-order valence-electron chi connectivity index (χ2n) is 7.67. The molecule has 2 aromatic rings. The zero-order valence-corrected chi connectivity index (χ0v) is 18.5. The zero-order valence-electron chi connectivity index (χ0n) is 17.0. The van der Waals surface area contributed by atoms with Crippen LogP contribution >= 0.6 is 23.8 Å². The largest absolute Gasteiger partial charge is 0.487 e. The van der Waals surface area contributed by atoms with Crippen molar-refractivity contribution in [1.29, 1.82) is 0 Å². The van der Waals surface area contributed by atoms with Gasteiger partial charge < -0.3 is 20.1 Å². The van der Waals surface area contributed by atoms with Gasteiger partial charge in [-0.3, -0.25) is 0 Å². The number of aryl methyl sites for hydroxylation is 1. The van der Waals surface area contributed by atoms with Gasteiger partial charge in [0.05, 0.1) is 23.2 Å². The van der Waals surface area contributed by atoms with Crippen LogP contribution in [0.4, 0.5) is 5.69 Å². The summed E-state index contributed by atoms with van der Waals surface area (Å²) in [5, 5.41) is 7.32. The van der Waals surface area contributed by atoms with Crippen LogP contribution in [0.3, 0.4) is 0 Å². The van der Waals surface area contributed by atoms with Crippen LogP contribution < -0.4 is 15.4 Å². The monoisotopic (exact) mass is 432 g/mol. The zero-order chi connectivity index (χ0) is 21.2. The molecule has 0 amide bonds. The summed E-state index contributed by atoms with van der Waals surface area (Å²) in [4.78, 5) is 12.1. The number of esters is 1. The van der Waals surface area contributed by atoms with Crippen molar-refractivity contribution in [3.05, 3.63) is 58.1 Å². The molecule has 2 N–H and O–H groups in total. The van der Waals surface area contributed by atoms with E-state index in [-0.39, 0.29) is 18.2 Å². The van der Waals surface area contributed by atoms with Crippen LogP contribution in [0.25, 0.3) is 0 Å². The maximum absolute atomic E-state index is 12.1. The van der Waals surface area contributed by atoms with Crippen LogP contribution in [0.5, 0.6) is 5.75 Å². The van der Waals surface area contributed by atoms with Crippen molar-refractivity contribution in [1.82, 2.24) is 5.32 Å². The number of thiocarbonyl (C=S) groups is 1. The molecule has 1 atom stereocenters. The molecule has 0 radical (unpaired) electrons. The van der Waals surface area contributed by atoms with Crippen LogP contribution in [-0.2, 0) is 4.74 Å². The highest BCUT2D eigenvalue weighted by molar-refractivity contribution is 7.80. The maximum atomic E-state index is 12.1. The van der Waals surface area contributed by atoms with Crippen molar-refractivity contribution in [2.24, 2.45) is 0 Å². The average molecular weight is 433 g/mol. The minimum Gasteiger partial charge on any atom is -0.487 e. The third kappa shape index (κ3) is 5.19. The highest BCUT2D eigenvalue weighted by Gasteiger charge is 2.34. The number of nitrogens with one attached hydrogen (secondary N) is 2. The van der Waals surface area contributed by atoms with Crippen LogP contribution in [0, 0.1) is 6.92 Å². The second-order valence-corrected chi connectivity index (χ2v) is 8.49. The van der Waals surface area contributed by atoms with E-state index >= 15 is 0 Å². The van der Waals surface area contributed by atoms with E-state index in [0.29, 0.717) is 21.4 Å². The summed E-state index contributed by atoms with van der Waals surface area (Å²) < 4.78 is 11.2. The SMILES string of the molecule is CCOC(=O)c1cc(NC(=S)N[C@H]2CC(C)(C)Oc3ccc(C)cc32)ccc1Cl. The van der Waals surface area contributed by atoms with Crippen LogP contribution in [0.15, 0.2) is 36.4 Å². The fraction of sp³-hybridized carbons (Fsp3) is 0.364. The van der Waals surface area contributed by atoms with Gasteiger partial charge in [-0.15, -0.1) is 0 Å². The highest BCUT2D eigenvalue weighted by atomic mass is 35.5. The number of benzene rings is 2. The predicted octanol–water partition coefficient (Wildman–Crippen LogP) is 5.41. The fourth-order valence-electron chi connectivity index (χ4n) is 3.40. The first-order valence-corrected chi connectivity index (χ1v) is 10.3. The van der Waals surface area contributed by atoms with Crippen molar-refractivity contribution in [3.8, 4) is 5.75 Å². The Morgan fingerprint density at radius 1 is 1.31 bits per heavy atom. The van der Waals surface area contributed by atoms with Gasteiger partial charge in [0.2, 0.25) is 0 Å². The van der Waals surface area contributed by atoms with Crippen LogP contribution in [0.1, 0.15) is 54.7 Å². The summed E-state index contributed by atoms with van der Waals surface area (Å²) in [5.41, 5.74) is 2.89. The number of halogens is 1. The summed E-state index contributed by atoms with van der Waals surface area (Å²) in [5.74, 6) is 0.402. The van der Waals surface area contributed by atoms with Crippen LogP contribution in [-0.4, -0.2) is 23.3 Å². The molecule has 0 aliphatic carbocycles. The van der Waals surface area contributed by atoms with E-state index in [2.05, 4.69) is 37.5 Å². The molecule has 3 rings (SSSR count). The molecule has 154 valence electrons. The third-order valence-corrected chi connectivity index (χ3v) is 5.20. The van der Waals surface area contributed by atoms with Gasteiger partial charge in [0.1, 0.15) is 11.4 Å². The van der Waals surface area contributed by atoms with Crippen molar-refractivity contribution in [3.63, 3.8) is 0 Å². The summed E-state index contributed by atoms with van der Waals surface area (Å²) in [6, 6.07) is 11.2. The van der Waals surface area contributed by atoms with E-state index in [1.165, 1.54) is 0 Å². The molecule has 0 spiro atoms. The normalized spacial score (nSPS) is 16.9. The lowest BCUT2D eigenvalue weighted by atomic mass is 9.89. The number of carbonyl (C=O) groups is 1. The van der Waals surface area contributed by atoms with E-state index in [0.717, 1.165) is 23.3 Å². The molecule has 0 fully saturated rings. The number of hydrogen-bond acceptors (Lipinski definition) is 4. The Morgan fingerprint density at radius 2 is 2.07 bits per heavy atom. The van der Waals surface area contributed by atoms with Crippen LogP contribution in [0.2, 0.25) is 5.02 Å². The lowest BCUT2D eigenvalue weighted by Crippen LogP contribution is -2.42. The van der Waals surface area contributed by atoms with Gasteiger partial charge in [0.15, 0.2) is 5.11 Å². The number of rotatable bonds is 4. The minimum absolute atomic E-state index is 0.00507. The van der Waals surface area contributed by atoms with E-state index in [1.54, 1.807) is 25.1 Å². The Bertz CT molecular complexity index is 946. The van der Waals surface area contributed by atoms with E-state index < -0.39 is 5.97 Å². The summed E-state index contributed by atoms with van der Waals surface area (Å²) in [6.07, 6.45) is 0.764. The molecular formula is C22H25ClN2O3S. The lowest BCUT2D eigenvalue weighted by molar-refractivity contribution is 0.0526. The van der Waals surface area contributed by atoms with Crippen molar-refractivity contribution < 1.29 is 14.3 Å². The van der Waals surface area contributed by atoms with Gasteiger partial charge in [-0.2, -0.15) is 0 Å². The Kier molecular flexibility index (Phi) is 6.34. The molecule has 7 heteroatoms. The molecule has 0 saturated carbocycles. The highest BCUT2D eigenvalue weighted by Crippen LogP contribution is 2.39. The van der Waals surface area contributed by atoms with Gasteiger partial charge in [0, 0.05) is 17.7 Å². The molecule has 5 nitrogen and oxygen atoms in total. The Balaban J connectivity index is 1.77. The van der Waals surface area contributed by atoms with Crippen molar-refractivity contribution >= 4 is 40.6 Å². The first kappa shape index (κ1) is 21.4. The number of carbonyl (C=O) groups excluding carboxylic acids is 1. The lowest BCUT2D eigenvalue weighted by Gasteiger charge is -2.38. The Hall–Kier alpha value is -2.31. The topological polar surface area (TPSA) is 59.6 Å². The van der Waals surface area contributed by atoms with Crippen molar-refractivity contribution in [2.75, 3.05) is 11.9 Å². The molecule has 1 aliphatic heterocycles. The summed E-state index contributed by atoms with van der Waals surface area (Å²) in [7, 11) is 0. The number of ether oxygens (including phenoxy) is 2. The smallest absolute Gasteiger partial charge is 0.339 e. The number of hydrogen-bond donors (Lipinski definition) is 2. The molecule has 0 saturated heterocycles. The standard InChI is InChI=1S/C22H25ClN2O3S/c1-5-27-20(26)15-11-14(7-8-17(15)23)24-21(29)25-18-12-22(3,4)28-19-9-6-13(2)10-16(18)19/h6-11,18H,5,12H2,1-4H3,(H2,24,25,29)/t18-/m0/s1. The molecule has 2 aromatic carbocycles. The predicted molar refractivity (Wildman–Crippen MR) is 120 cm³/mol. The molecule has 1 heterocycles.